The summed E-state index contributed by atoms with van der Waals surface area (Å²) in [6, 6.07) is 18.4. The molecule has 0 spiro atoms. The Balaban J connectivity index is 1.52. The van der Waals surface area contributed by atoms with Gasteiger partial charge in [-0.25, -0.2) is 0 Å². The summed E-state index contributed by atoms with van der Waals surface area (Å²) in [5, 5.41) is 12.1. The van der Waals surface area contributed by atoms with Crippen molar-refractivity contribution in [2.45, 2.75) is 20.8 Å². The van der Waals surface area contributed by atoms with E-state index in [4.69, 9.17) is 9.47 Å². The minimum absolute atomic E-state index is 0.189. The summed E-state index contributed by atoms with van der Waals surface area (Å²) in [6.45, 7) is 6.76. The van der Waals surface area contributed by atoms with Crippen LogP contribution in [0.2, 0.25) is 0 Å². The van der Waals surface area contributed by atoms with Gasteiger partial charge in [0.25, 0.3) is 5.91 Å². The largest absolute Gasteiger partial charge is 0.497 e. The molecule has 32 heavy (non-hydrogen) atoms. The average Bonchev–Trinajstić information content (AvgIpc) is 3.21. The topological polar surface area (TPSA) is 78.3 Å². The van der Waals surface area contributed by atoms with Gasteiger partial charge in [-0.05, 0) is 79.1 Å². The van der Waals surface area contributed by atoms with Crippen LogP contribution in [0.5, 0.6) is 11.5 Å². The summed E-state index contributed by atoms with van der Waals surface area (Å²) < 4.78 is 10.9. The summed E-state index contributed by atoms with van der Waals surface area (Å²) >= 11 is 0. The minimum Gasteiger partial charge on any atom is -0.497 e. The molecule has 1 amide bonds. The quantitative estimate of drug-likeness (QED) is 0.445. The van der Waals surface area contributed by atoms with E-state index >= 15 is 0 Å². The van der Waals surface area contributed by atoms with Gasteiger partial charge in [0.1, 0.15) is 22.5 Å². The SMILES string of the molecule is COc1ccc(-n2nc3cc(C)c(NC(=O)c4ccc(OCC(C)C)cc4)cc3n2)cc1. The molecule has 0 fully saturated rings. The highest BCUT2D eigenvalue weighted by molar-refractivity contribution is 6.05. The third-order valence-electron chi connectivity index (χ3n) is 4.98. The zero-order chi connectivity index (χ0) is 22.7. The van der Waals surface area contributed by atoms with Crippen LogP contribution in [0, 0.1) is 12.8 Å². The molecule has 164 valence electrons. The maximum absolute atomic E-state index is 12.8. The molecule has 0 saturated carbocycles. The van der Waals surface area contributed by atoms with Gasteiger partial charge >= 0.3 is 0 Å². The lowest BCUT2D eigenvalue weighted by molar-refractivity contribution is 0.102. The van der Waals surface area contributed by atoms with E-state index in [1.54, 1.807) is 24.0 Å². The molecule has 0 unspecified atom stereocenters. The molecule has 0 bridgehead atoms. The van der Waals surface area contributed by atoms with Crippen molar-refractivity contribution in [3.05, 3.63) is 71.8 Å². The molecule has 0 aliphatic carbocycles. The van der Waals surface area contributed by atoms with Gasteiger partial charge in [0, 0.05) is 11.3 Å². The first-order valence-corrected chi connectivity index (χ1v) is 10.5. The lowest BCUT2D eigenvalue weighted by Crippen LogP contribution is -2.13. The lowest BCUT2D eigenvalue weighted by atomic mass is 10.1. The molecule has 3 aromatic carbocycles. The summed E-state index contributed by atoms with van der Waals surface area (Å²) in [7, 11) is 1.63. The van der Waals surface area contributed by atoms with E-state index in [1.807, 2.05) is 55.5 Å². The molecule has 0 radical (unpaired) electrons. The average molecular weight is 431 g/mol. The number of anilines is 1. The molecule has 7 heteroatoms. The van der Waals surface area contributed by atoms with Crippen LogP contribution in [0.15, 0.2) is 60.7 Å². The second-order valence-corrected chi connectivity index (χ2v) is 8.03. The van der Waals surface area contributed by atoms with Crippen LogP contribution in [-0.2, 0) is 0 Å². The molecule has 4 rings (SSSR count). The fourth-order valence-corrected chi connectivity index (χ4v) is 3.19. The number of amides is 1. The Labute approximate surface area is 187 Å². The zero-order valence-corrected chi connectivity index (χ0v) is 18.6. The normalized spacial score (nSPS) is 11.0. The lowest BCUT2D eigenvalue weighted by Gasteiger charge is -2.10. The van der Waals surface area contributed by atoms with Gasteiger partial charge < -0.3 is 14.8 Å². The number of aryl methyl sites for hydroxylation is 1. The zero-order valence-electron chi connectivity index (χ0n) is 18.6. The predicted molar refractivity (Wildman–Crippen MR) is 125 cm³/mol. The van der Waals surface area contributed by atoms with Crippen molar-refractivity contribution in [3.8, 4) is 17.2 Å². The number of carbonyl (C=O) groups excluding carboxylic acids is 1. The number of nitrogens with one attached hydrogen (secondary N) is 1. The highest BCUT2D eigenvalue weighted by Gasteiger charge is 2.12. The molecule has 0 aliphatic rings. The summed E-state index contributed by atoms with van der Waals surface area (Å²) in [6.07, 6.45) is 0. The second kappa shape index (κ2) is 9.09. The number of aromatic nitrogens is 3. The monoisotopic (exact) mass is 430 g/mol. The number of ether oxygens (including phenoxy) is 2. The van der Waals surface area contributed by atoms with Crippen LogP contribution < -0.4 is 14.8 Å². The first-order valence-electron chi connectivity index (χ1n) is 10.5. The van der Waals surface area contributed by atoms with Gasteiger partial charge in [-0.15, -0.1) is 10.2 Å². The molecule has 0 saturated heterocycles. The van der Waals surface area contributed by atoms with Crippen LogP contribution in [-0.4, -0.2) is 34.6 Å². The van der Waals surface area contributed by atoms with Crippen molar-refractivity contribution in [2.24, 2.45) is 5.92 Å². The van der Waals surface area contributed by atoms with Gasteiger partial charge in [0.2, 0.25) is 0 Å². The predicted octanol–water partition coefficient (Wildman–Crippen LogP) is 5.02. The van der Waals surface area contributed by atoms with Gasteiger partial charge in [0.15, 0.2) is 0 Å². The molecule has 1 N–H and O–H groups in total. The minimum atomic E-state index is -0.189. The summed E-state index contributed by atoms with van der Waals surface area (Å²) in [4.78, 5) is 14.3. The van der Waals surface area contributed by atoms with E-state index in [-0.39, 0.29) is 5.91 Å². The molecule has 1 heterocycles. The third kappa shape index (κ3) is 4.72. The van der Waals surface area contributed by atoms with Crippen molar-refractivity contribution in [1.29, 1.82) is 0 Å². The maximum atomic E-state index is 12.8. The Morgan fingerprint density at radius 2 is 1.59 bits per heavy atom. The number of carbonyl (C=O) groups is 1. The van der Waals surface area contributed by atoms with E-state index in [2.05, 4.69) is 29.4 Å². The molecule has 0 atom stereocenters. The first-order chi connectivity index (χ1) is 15.4. The molecule has 0 aliphatic heterocycles. The van der Waals surface area contributed by atoms with E-state index in [9.17, 15) is 4.79 Å². The van der Waals surface area contributed by atoms with Crippen LogP contribution in [0.1, 0.15) is 29.8 Å². The van der Waals surface area contributed by atoms with E-state index in [1.165, 1.54) is 0 Å². The number of nitrogens with zero attached hydrogens (tertiary/aromatic N) is 3. The molecule has 1 aromatic heterocycles. The Kier molecular flexibility index (Phi) is 6.07. The Morgan fingerprint density at radius 1 is 0.969 bits per heavy atom. The Hall–Kier alpha value is -3.87. The summed E-state index contributed by atoms with van der Waals surface area (Å²) in [5.41, 5.74) is 4.43. The number of hydrogen-bond acceptors (Lipinski definition) is 5. The van der Waals surface area contributed by atoms with E-state index in [0.717, 1.165) is 28.3 Å². The van der Waals surface area contributed by atoms with Crippen molar-refractivity contribution >= 4 is 22.6 Å². The fourth-order valence-electron chi connectivity index (χ4n) is 3.19. The molecular weight excluding hydrogens is 404 g/mol. The van der Waals surface area contributed by atoms with Crippen molar-refractivity contribution in [1.82, 2.24) is 15.0 Å². The third-order valence-corrected chi connectivity index (χ3v) is 4.98. The van der Waals surface area contributed by atoms with Crippen LogP contribution in [0.4, 0.5) is 5.69 Å². The highest BCUT2D eigenvalue weighted by atomic mass is 16.5. The number of hydrogen-bond donors (Lipinski definition) is 1. The highest BCUT2D eigenvalue weighted by Crippen LogP contribution is 2.24. The van der Waals surface area contributed by atoms with E-state index < -0.39 is 0 Å². The number of rotatable bonds is 7. The molecule has 7 nitrogen and oxygen atoms in total. The number of benzene rings is 3. The number of methoxy groups -OCH3 is 1. The van der Waals surface area contributed by atoms with Gasteiger partial charge in [-0.2, -0.15) is 4.80 Å². The van der Waals surface area contributed by atoms with Crippen molar-refractivity contribution < 1.29 is 14.3 Å². The van der Waals surface area contributed by atoms with Crippen LogP contribution in [0.25, 0.3) is 16.7 Å². The van der Waals surface area contributed by atoms with Crippen LogP contribution in [0.3, 0.4) is 0 Å². The second-order valence-electron chi connectivity index (χ2n) is 8.03. The van der Waals surface area contributed by atoms with E-state index in [0.29, 0.717) is 29.3 Å². The fraction of sp³-hybridized carbons (Fsp3) is 0.240. The summed E-state index contributed by atoms with van der Waals surface area (Å²) in [5.74, 6) is 1.78. The number of fused-ring (bicyclic) bond motifs is 1. The van der Waals surface area contributed by atoms with Crippen molar-refractivity contribution in [3.63, 3.8) is 0 Å². The van der Waals surface area contributed by atoms with Crippen LogP contribution >= 0.6 is 0 Å². The molecular formula is C25H26N4O3. The van der Waals surface area contributed by atoms with Gasteiger partial charge in [-0.3, -0.25) is 4.79 Å². The smallest absolute Gasteiger partial charge is 0.255 e. The van der Waals surface area contributed by atoms with Crippen molar-refractivity contribution in [2.75, 3.05) is 19.0 Å². The molecule has 4 aromatic rings. The van der Waals surface area contributed by atoms with Gasteiger partial charge in [-0.1, -0.05) is 13.8 Å². The maximum Gasteiger partial charge on any atom is 0.255 e. The Morgan fingerprint density at radius 3 is 2.22 bits per heavy atom. The van der Waals surface area contributed by atoms with Gasteiger partial charge in [0.05, 0.1) is 19.4 Å². The first kappa shape index (κ1) is 21.4. The Bertz CT molecular complexity index is 1230. The standard InChI is InChI=1S/C25H26N4O3/c1-16(2)15-32-21-9-5-18(6-10-21)25(30)26-22-14-24-23(13-17(22)3)27-29(28-24)19-7-11-20(31-4)12-8-19/h5-14,16H,15H2,1-4H3,(H,26,30).